The van der Waals surface area contributed by atoms with Crippen LogP contribution in [0.4, 0.5) is 5.82 Å². The van der Waals surface area contributed by atoms with Crippen molar-refractivity contribution in [2.45, 2.75) is 32.6 Å². The van der Waals surface area contributed by atoms with Crippen molar-refractivity contribution < 1.29 is 10.2 Å². The van der Waals surface area contributed by atoms with Crippen molar-refractivity contribution in [1.82, 2.24) is 10.3 Å². The molecule has 2 heterocycles. The lowest BCUT2D eigenvalue weighted by molar-refractivity contribution is 0.0572. The van der Waals surface area contributed by atoms with E-state index in [2.05, 4.69) is 24.1 Å². The first-order valence-electron chi connectivity index (χ1n) is 6.83. The van der Waals surface area contributed by atoms with Crippen LogP contribution in [0.25, 0.3) is 0 Å². The first-order chi connectivity index (χ1) is 9.08. The van der Waals surface area contributed by atoms with Gasteiger partial charge in [-0.05, 0) is 18.5 Å². The Bertz CT molecular complexity index is 401. The minimum Gasteiger partial charge on any atom is -0.389 e. The fourth-order valence-electron chi connectivity index (χ4n) is 2.29. The Labute approximate surface area is 114 Å². The molecule has 1 aliphatic rings. The molecule has 1 fully saturated rings. The average molecular weight is 265 g/mol. The molecule has 2 atom stereocenters. The molecule has 1 aromatic heterocycles. The smallest absolute Gasteiger partial charge is 0.133 e. The molecule has 0 radical (unpaired) electrons. The third kappa shape index (κ3) is 3.65. The van der Waals surface area contributed by atoms with Crippen molar-refractivity contribution in [3.8, 4) is 0 Å². The number of aliphatic hydroxyl groups is 2. The largest absolute Gasteiger partial charge is 0.389 e. The van der Waals surface area contributed by atoms with Crippen molar-refractivity contribution in [3.63, 3.8) is 0 Å². The van der Waals surface area contributed by atoms with Gasteiger partial charge in [-0.3, -0.25) is 0 Å². The zero-order valence-corrected chi connectivity index (χ0v) is 11.6. The summed E-state index contributed by atoms with van der Waals surface area (Å²) in [5, 5.41) is 22.7. The van der Waals surface area contributed by atoms with Gasteiger partial charge in [-0.25, -0.2) is 4.98 Å². The highest BCUT2D eigenvalue weighted by Gasteiger charge is 2.31. The fraction of sp³-hybridized carbons (Fsp3) is 0.643. The van der Waals surface area contributed by atoms with Crippen LogP contribution < -0.4 is 10.2 Å². The van der Waals surface area contributed by atoms with E-state index in [0.717, 1.165) is 24.5 Å². The van der Waals surface area contributed by atoms with E-state index in [-0.39, 0.29) is 0 Å². The predicted octanol–water partition coefficient (Wildman–Crippen LogP) is 0.369. The first-order valence-corrected chi connectivity index (χ1v) is 6.83. The Balaban J connectivity index is 2.04. The molecule has 3 N–H and O–H groups in total. The van der Waals surface area contributed by atoms with Crippen LogP contribution >= 0.6 is 0 Å². The Kier molecular flexibility index (Phi) is 4.74. The fourth-order valence-corrected chi connectivity index (χ4v) is 2.29. The van der Waals surface area contributed by atoms with Gasteiger partial charge in [-0.15, -0.1) is 0 Å². The Morgan fingerprint density at radius 2 is 2.05 bits per heavy atom. The number of nitrogens with one attached hydrogen (secondary N) is 1. The quantitative estimate of drug-likeness (QED) is 0.717. The lowest BCUT2D eigenvalue weighted by Gasteiger charge is -2.20. The van der Waals surface area contributed by atoms with Gasteiger partial charge in [-0.2, -0.15) is 0 Å². The standard InChI is InChI=1S/C14H23N3O2/c1-10(2)6-15-7-11-4-3-5-16-14(11)17-8-12(18)13(19)9-17/h3-5,10,12-13,15,18-19H,6-9H2,1-2H3. The molecule has 1 aromatic rings. The van der Waals surface area contributed by atoms with E-state index >= 15 is 0 Å². The molecule has 0 aliphatic carbocycles. The average Bonchev–Trinajstić information content (AvgIpc) is 2.70. The van der Waals surface area contributed by atoms with Gasteiger partial charge < -0.3 is 20.4 Å². The third-order valence-corrected chi connectivity index (χ3v) is 3.29. The van der Waals surface area contributed by atoms with Gasteiger partial charge in [0.2, 0.25) is 0 Å². The van der Waals surface area contributed by atoms with E-state index in [0.29, 0.717) is 19.0 Å². The van der Waals surface area contributed by atoms with Gasteiger partial charge >= 0.3 is 0 Å². The maximum absolute atomic E-state index is 9.63. The SMILES string of the molecule is CC(C)CNCc1cccnc1N1CC(O)C(O)C1. The zero-order valence-electron chi connectivity index (χ0n) is 11.6. The number of nitrogens with zero attached hydrogens (tertiary/aromatic N) is 2. The topological polar surface area (TPSA) is 68.6 Å². The van der Waals surface area contributed by atoms with Crippen molar-refractivity contribution in [2.75, 3.05) is 24.5 Å². The van der Waals surface area contributed by atoms with Gasteiger partial charge in [0.15, 0.2) is 0 Å². The molecule has 1 saturated heterocycles. The van der Waals surface area contributed by atoms with Crippen LogP contribution in [0.5, 0.6) is 0 Å². The van der Waals surface area contributed by atoms with Crippen LogP contribution in [-0.4, -0.2) is 47.0 Å². The van der Waals surface area contributed by atoms with Crippen molar-refractivity contribution in [3.05, 3.63) is 23.9 Å². The van der Waals surface area contributed by atoms with Crippen molar-refractivity contribution >= 4 is 5.82 Å². The molecule has 5 nitrogen and oxygen atoms in total. The lowest BCUT2D eigenvalue weighted by atomic mass is 10.2. The normalized spacial score (nSPS) is 23.3. The molecule has 0 aromatic carbocycles. The minimum atomic E-state index is -0.682. The summed E-state index contributed by atoms with van der Waals surface area (Å²) in [5.41, 5.74) is 1.10. The van der Waals surface area contributed by atoms with Crippen LogP contribution in [-0.2, 0) is 6.54 Å². The summed E-state index contributed by atoms with van der Waals surface area (Å²) in [6.45, 7) is 6.93. The minimum absolute atomic E-state index is 0.440. The molecule has 2 rings (SSSR count). The molecule has 106 valence electrons. The molecule has 0 spiro atoms. The summed E-state index contributed by atoms with van der Waals surface area (Å²) in [4.78, 5) is 6.34. The third-order valence-electron chi connectivity index (χ3n) is 3.29. The molecule has 0 bridgehead atoms. The highest BCUT2D eigenvalue weighted by atomic mass is 16.3. The van der Waals surface area contributed by atoms with Crippen molar-refractivity contribution in [2.24, 2.45) is 5.92 Å². The number of hydrogen-bond donors (Lipinski definition) is 3. The predicted molar refractivity (Wildman–Crippen MR) is 75.0 cm³/mol. The molecule has 0 saturated carbocycles. The van der Waals surface area contributed by atoms with Crippen LogP contribution in [0.1, 0.15) is 19.4 Å². The van der Waals surface area contributed by atoms with E-state index in [1.807, 2.05) is 17.0 Å². The van der Waals surface area contributed by atoms with Crippen LogP contribution in [0, 0.1) is 5.92 Å². The first kappa shape index (κ1) is 14.2. The number of aromatic nitrogens is 1. The van der Waals surface area contributed by atoms with Gasteiger partial charge in [0, 0.05) is 31.4 Å². The van der Waals surface area contributed by atoms with E-state index in [1.54, 1.807) is 6.20 Å². The van der Waals surface area contributed by atoms with Crippen molar-refractivity contribution in [1.29, 1.82) is 0 Å². The maximum atomic E-state index is 9.63. The second-order valence-electron chi connectivity index (χ2n) is 5.55. The summed E-state index contributed by atoms with van der Waals surface area (Å²) in [7, 11) is 0. The van der Waals surface area contributed by atoms with Gasteiger partial charge in [0.1, 0.15) is 5.82 Å². The summed E-state index contributed by atoms with van der Waals surface area (Å²) in [5.74, 6) is 1.46. The summed E-state index contributed by atoms with van der Waals surface area (Å²) >= 11 is 0. The molecule has 5 heteroatoms. The van der Waals surface area contributed by atoms with Gasteiger partial charge in [-0.1, -0.05) is 19.9 Å². The second kappa shape index (κ2) is 6.32. The molecule has 1 aliphatic heterocycles. The van der Waals surface area contributed by atoms with Gasteiger partial charge in [0.05, 0.1) is 12.2 Å². The van der Waals surface area contributed by atoms with Gasteiger partial charge in [0.25, 0.3) is 0 Å². The van der Waals surface area contributed by atoms with E-state index < -0.39 is 12.2 Å². The van der Waals surface area contributed by atoms with E-state index in [1.165, 1.54) is 0 Å². The zero-order chi connectivity index (χ0) is 13.8. The highest BCUT2D eigenvalue weighted by Crippen LogP contribution is 2.22. The molecular formula is C14H23N3O2. The Morgan fingerprint density at radius 3 is 2.68 bits per heavy atom. The monoisotopic (exact) mass is 265 g/mol. The highest BCUT2D eigenvalue weighted by molar-refractivity contribution is 5.48. The maximum Gasteiger partial charge on any atom is 0.133 e. The molecular weight excluding hydrogens is 242 g/mol. The Morgan fingerprint density at radius 1 is 1.37 bits per heavy atom. The lowest BCUT2D eigenvalue weighted by Crippen LogP contribution is -2.26. The summed E-state index contributed by atoms with van der Waals surface area (Å²) in [6.07, 6.45) is 0.384. The summed E-state index contributed by atoms with van der Waals surface area (Å²) < 4.78 is 0. The number of rotatable bonds is 5. The Hall–Kier alpha value is -1.17. The van der Waals surface area contributed by atoms with Crippen LogP contribution in [0.15, 0.2) is 18.3 Å². The van der Waals surface area contributed by atoms with E-state index in [9.17, 15) is 10.2 Å². The second-order valence-corrected chi connectivity index (χ2v) is 5.55. The van der Waals surface area contributed by atoms with Crippen LogP contribution in [0.2, 0.25) is 0 Å². The molecule has 19 heavy (non-hydrogen) atoms. The molecule has 2 unspecified atom stereocenters. The number of hydrogen-bond acceptors (Lipinski definition) is 5. The molecule has 0 amide bonds. The number of aliphatic hydroxyl groups excluding tert-OH is 2. The summed E-state index contributed by atoms with van der Waals surface area (Å²) in [6, 6.07) is 3.95. The van der Waals surface area contributed by atoms with E-state index in [4.69, 9.17) is 0 Å². The number of anilines is 1. The number of β-amino-alcohol motifs (C(OH)–C–C–N with tert-alkyl or cyclic N) is 2. The van der Waals surface area contributed by atoms with Crippen LogP contribution in [0.3, 0.4) is 0 Å². The number of pyridine rings is 1.